The zero-order valence-electron chi connectivity index (χ0n) is 12.2. The van der Waals surface area contributed by atoms with Gasteiger partial charge in [0.15, 0.2) is 0 Å². The topological polar surface area (TPSA) is 35.5 Å². The first-order chi connectivity index (χ1) is 9.75. The molecule has 2 unspecified atom stereocenters. The highest BCUT2D eigenvalue weighted by atomic mass is 16.3. The smallest absolute Gasteiger partial charge is 0.0798 e. The fraction of sp³-hybridized carbons (Fsp3) is 0.647. The van der Waals surface area contributed by atoms with E-state index in [1.807, 2.05) is 0 Å². The molecule has 1 aromatic rings. The molecule has 2 aliphatic rings. The maximum atomic E-state index is 10.6. The summed E-state index contributed by atoms with van der Waals surface area (Å²) >= 11 is 0. The number of aliphatic hydroxyl groups is 1. The van der Waals surface area contributed by atoms with Gasteiger partial charge in [0.2, 0.25) is 0 Å². The lowest BCUT2D eigenvalue weighted by atomic mass is 9.88. The molecule has 2 N–H and O–H groups in total. The van der Waals surface area contributed by atoms with Gasteiger partial charge in [-0.3, -0.25) is 4.90 Å². The molecule has 1 aromatic carbocycles. The van der Waals surface area contributed by atoms with Crippen LogP contribution in [0.1, 0.15) is 37.7 Å². The Bertz CT molecular complexity index is 414. The molecule has 110 valence electrons. The van der Waals surface area contributed by atoms with E-state index in [-0.39, 0.29) is 0 Å². The number of hydrogen-bond donors (Lipinski definition) is 2. The summed E-state index contributed by atoms with van der Waals surface area (Å²) in [5.74, 6) is 0. The molecule has 0 spiro atoms. The van der Waals surface area contributed by atoms with E-state index in [0.29, 0.717) is 6.04 Å². The summed E-state index contributed by atoms with van der Waals surface area (Å²) in [6.07, 6.45) is 5.66. The van der Waals surface area contributed by atoms with Crippen LogP contribution in [0.25, 0.3) is 0 Å². The SMILES string of the molecule is OC1(CC2CCCCN2Cc2ccccc2)CCNC1. The quantitative estimate of drug-likeness (QED) is 0.883. The van der Waals surface area contributed by atoms with Crippen LogP contribution in [0.2, 0.25) is 0 Å². The van der Waals surface area contributed by atoms with Gasteiger partial charge in [-0.25, -0.2) is 0 Å². The van der Waals surface area contributed by atoms with Crippen LogP contribution in [0.5, 0.6) is 0 Å². The van der Waals surface area contributed by atoms with E-state index >= 15 is 0 Å². The maximum Gasteiger partial charge on any atom is 0.0798 e. The van der Waals surface area contributed by atoms with E-state index in [2.05, 4.69) is 40.5 Å². The summed E-state index contributed by atoms with van der Waals surface area (Å²) in [6, 6.07) is 11.2. The minimum atomic E-state index is -0.475. The molecule has 2 atom stereocenters. The first-order valence-corrected chi connectivity index (χ1v) is 7.96. The third kappa shape index (κ3) is 3.40. The number of nitrogens with one attached hydrogen (secondary N) is 1. The molecule has 2 aliphatic heterocycles. The molecule has 0 radical (unpaired) electrons. The molecule has 0 aliphatic carbocycles. The lowest BCUT2D eigenvalue weighted by Crippen LogP contribution is -2.45. The number of nitrogens with zero attached hydrogens (tertiary/aromatic N) is 1. The first kappa shape index (κ1) is 14.1. The molecule has 2 saturated heterocycles. The first-order valence-electron chi connectivity index (χ1n) is 7.96. The molecular weight excluding hydrogens is 248 g/mol. The highest BCUT2D eigenvalue weighted by Gasteiger charge is 2.36. The largest absolute Gasteiger partial charge is 0.388 e. The fourth-order valence-electron chi connectivity index (χ4n) is 3.66. The number of piperidine rings is 1. The Labute approximate surface area is 122 Å². The third-order valence-electron chi connectivity index (χ3n) is 4.81. The molecule has 2 heterocycles. The minimum Gasteiger partial charge on any atom is -0.388 e. The van der Waals surface area contributed by atoms with Gasteiger partial charge in [-0.2, -0.15) is 0 Å². The molecular formula is C17H26N2O. The molecule has 20 heavy (non-hydrogen) atoms. The van der Waals surface area contributed by atoms with E-state index in [0.717, 1.165) is 32.5 Å². The second kappa shape index (κ2) is 6.25. The van der Waals surface area contributed by atoms with Crippen LogP contribution in [-0.4, -0.2) is 41.3 Å². The number of likely N-dealkylation sites (tertiary alicyclic amines) is 1. The Hall–Kier alpha value is -0.900. The van der Waals surface area contributed by atoms with Crippen LogP contribution < -0.4 is 5.32 Å². The highest BCUT2D eigenvalue weighted by molar-refractivity contribution is 5.14. The van der Waals surface area contributed by atoms with E-state index in [9.17, 15) is 5.11 Å². The molecule has 3 nitrogen and oxygen atoms in total. The standard InChI is InChI=1S/C17H26N2O/c20-17(9-10-18-14-17)12-16-8-4-5-11-19(16)13-15-6-2-1-3-7-15/h1-3,6-7,16,18,20H,4-5,8-14H2. The average Bonchev–Trinajstić information content (AvgIpc) is 2.89. The molecule has 3 rings (SSSR count). The van der Waals surface area contributed by atoms with Crippen molar-refractivity contribution in [2.45, 2.75) is 50.3 Å². The average molecular weight is 274 g/mol. The summed E-state index contributed by atoms with van der Waals surface area (Å²) in [5.41, 5.74) is 0.910. The van der Waals surface area contributed by atoms with Crippen molar-refractivity contribution in [3.05, 3.63) is 35.9 Å². The number of hydrogen-bond acceptors (Lipinski definition) is 3. The van der Waals surface area contributed by atoms with Crippen molar-refractivity contribution in [1.29, 1.82) is 0 Å². The van der Waals surface area contributed by atoms with E-state index in [1.54, 1.807) is 0 Å². The van der Waals surface area contributed by atoms with Crippen molar-refractivity contribution in [2.24, 2.45) is 0 Å². The molecule has 0 amide bonds. The van der Waals surface area contributed by atoms with Crippen LogP contribution >= 0.6 is 0 Å². The van der Waals surface area contributed by atoms with Gasteiger partial charge in [-0.15, -0.1) is 0 Å². The molecule has 0 bridgehead atoms. The van der Waals surface area contributed by atoms with Gasteiger partial charge in [0, 0.05) is 19.1 Å². The van der Waals surface area contributed by atoms with Crippen molar-refractivity contribution in [2.75, 3.05) is 19.6 Å². The Morgan fingerprint density at radius 3 is 2.85 bits per heavy atom. The van der Waals surface area contributed by atoms with E-state index in [1.165, 1.54) is 31.4 Å². The van der Waals surface area contributed by atoms with Crippen molar-refractivity contribution in [3.8, 4) is 0 Å². The zero-order chi connectivity index (χ0) is 13.8. The van der Waals surface area contributed by atoms with Gasteiger partial charge < -0.3 is 10.4 Å². The molecule has 2 fully saturated rings. The fourth-order valence-corrected chi connectivity index (χ4v) is 3.66. The molecule has 0 saturated carbocycles. The summed E-state index contributed by atoms with van der Waals surface area (Å²) in [6.45, 7) is 3.92. The Balaban J connectivity index is 1.64. The number of β-amino-alcohol motifs (C(OH)–C–C–N with tert-alkyl or cyclic N) is 1. The van der Waals surface area contributed by atoms with E-state index < -0.39 is 5.60 Å². The third-order valence-corrected chi connectivity index (χ3v) is 4.81. The monoisotopic (exact) mass is 274 g/mol. The Morgan fingerprint density at radius 2 is 2.10 bits per heavy atom. The second-order valence-electron chi connectivity index (χ2n) is 6.46. The second-order valence-corrected chi connectivity index (χ2v) is 6.46. The summed E-state index contributed by atoms with van der Waals surface area (Å²) in [7, 11) is 0. The van der Waals surface area contributed by atoms with Crippen molar-refractivity contribution in [1.82, 2.24) is 10.2 Å². The van der Waals surface area contributed by atoms with E-state index in [4.69, 9.17) is 0 Å². The van der Waals surface area contributed by atoms with Crippen molar-refractivity contribution < 1.29 is 5.11 Å². The van der Waals surface area contributed by atoms with Gasteiger partial charge >= 0.3 is 0 Å². The van der Waals surface area contributed by atoms with Crippen LogP contribution in [0.3, 0.4) is 0 Å². The highest BCUT2D eigenvalue weighted by Crippen LogP contribution is 2.29. The van der Waals surface area contributed by atoms with Crippen LogP contribution in [0.4, 0.5) is 0 Å². The van der Waals surface area contributed by atoms with Crippen LogP contribution in [-0.2, 0) is 6.54 Å². The summed E-state index contributed by atoms with van der Waals surface area (Å²) < 4.78 is 0. The van der Waals surface area contributed by atoms with Gasteiger partial charge in [-0.05, 0) is 44.3 Å². The normalized spacial score (nSPS) is 31.6. The number of rotatable bonds is 4. The Kier molecular flexibility index (Phi) is 4.39. The number of benzene rings is 1. The van der Waals surface area contributed by atoms with Crippen molar-refractivity contribution in [3.63, 3.8) is 0 Å². The summed E-state index contributed by atoms with van der Waals surface area (Å²) in [5, 5.41) is 13.9. The predicted octanol–water partition coefficient (Wildman–Crippen LogP) is 2.16. The van der Waals surface area contributed by atoms with Gasteiger partial charge in [0.25, 0.3) is 0 Å². The van der Waals surface area contributed by atoms with Gasteiger partial charge in [-0.1, -0.05) is 36.8 Å². The lowest BCUT2D eigenvalue weighted by molar-refractivity contribution is 0.00641. The zero-order valence-corrected chi connectivity index (χ0v) is 12.2. The molecule has 3 heteroatoms. The Morgan fingerprint density at radius 1 is 1.25 bits per heavy atom. The van der Waals surface area contributed by atoms with Gasteiger partial charge in [0.05, 0.1) is 5.60 Å². The lowest BCUT2D eigenvalue weighted by Gasteiger charge is -2.39. The van der Waals surface area contributed by atoms with Crippen molar-refractivity contribution >= 4 is 0 Å². The van der Waals surface area contributed by atoms with Crippen LogP contribution in [0.15, 0.2) is 30.3 Å². The summed E-state index contributed by atoms with van der Waals surface area (Å²) in [4.78, 5) is 2.58. The minimum absolute atomic E-state index is 0.475. The predicted molar refractivity (Wildman–Crippen MR) is 81.5 cm³/mol. The van der Waals surface area contributed by atoms with Crippen LogP contribution in [0, 0.1) is 0 Å². The maximum absolute atomic E-state index is 10.6. The molecule has 0 aromatic heterocycles. The van der Waals surface area contributed by atoms with Gasteiger partial charge in [0.1, 0.15) is 0 Å².